The smallest absolute Gasteiger partial charge is 0.259 e. The lowest BCUT2D eigenvalue weighted by Gasteiger charge is -2.26. The van der Waals surface area contributed by atoms with Gasteiger partial charge in [0.1, 0.15) is 5.56 Å². The molecule has 4 nitrogen and oxygen atoms in total. The molecule has 0 spiro atoms. The van der Waals surface area contributed by atoms with Gasteiger partial charge in [-0.3, -0.25) is 9.59 Å². The average molecular weight is 257 g/mol. The molecule has 1 aromatic rings. The molecular weight excluding hydrogens is 240 g/mol. The zero-order valence-electron chi connectivity index (χ0n) is 10.1. The molecular formula is C12H17ClN2O2. The number of alkyl halides is 1. The summed E-state index contributed by atoms with van der Waals surface area (Å²) in [6.45, 7) is 4.40. The summed E-state index contributed by atoms with van der Waals surface area (Å²) >= 11 is 5.63. The zero-order valence-corrected chi connectivity index (χ0v) is 10.8. The molecule has 0 bridgehead atoms. The van der Waals surface area contributed by atoms with Crippen LogP contribution < -0.4 is 5.43 Å². The van der Waals surface area contributed by atoms with Crippen LogP contribution in [0.25, 0.3) is 0 Å². The first-order valence-corrected chi connectivity index (χ1v) is 6.15. The van der Waals surface area contributed by atoms with E-state index in [1.807, 2.05) is 13.8 Å². The zero-order chi connectivity index (χ0) is 12.8. The van der Waals surface area contributed by atoms with Crippen molar-refractivity contribution < 1.29 is 4.79 Å². The number of carbonyl (C=O) groups excluding carboxylic acids is 1. The highest BCUT2D eigenvalue weighted by atomic mass is 35.5. The van der Waals surface area contributed by atoms with E-state index in [4.69, 9.17) is 11.6 Å². The van der Waals surface area contributed by atoms with Gasteiger partial charge in [0.2, 0.25) is 0 Å². The van der Waals surface area contributed by atoms with Crippen LogP contribution in [0.1, 0.15) is 30.6 Å². The predicted octanol–water partition coefficient (Wildman–Crippen LogP) is 1.85. The predicted molar refractivity (Wildman–Crippen MR) is 68.6 cm³/mol. The summed E-state index contributed by atoms with van der Waals surface area (Å²) in [7, 11) is 0. The molecule has 1 heterocycles. The summed E-state index contributed by atoms with van der Waals surface area (Å²) in [6, 6.07) is 1.40. The Labute approximate surface area is 106 Å². The fourth-order valence-corrected chi connectivity index (χ4v) is 1.68. The number of hydrogen-bond donors (Lipinski definition) is 1. The van der Waals surface area contributed by atoms with Crippen LogP contribution in [0.3, 0.4) is 0 Å². The second kappa shape index (κ2) is 6.45. The normalized spacial score (nSPS) is 10.6. The van der Waals surface area contributed by atoms with E-state index in [-0.39, 0.29) is 22.9 Å². The summed E-state index contributed by atoms with van der Waals surface area (Å²) in [4.78, 5) is 28.2. The topological polar surface area (TPSA) is 53.2 Å². The van der Waals surface area contributed by atoms with Gasteiger partial charge in [-0.15, -0.1) is 11.6 Å². The van der Waals surface area contributed by atoms with Crippen molar-refractivity contribution in [2.45, 2.75) is 26.3 Å². The highest BCUT2D eigenvalue weighted by Crippen LogP contribution is 2.06. The van der Waals surface area contributed by atoms with E-state index in [2.05, 4.69) is 4.98 Å². The Morgan fingerprint density at radius 3 is 2.76 bits per heavy atom. The monoisotopic (exact) mass is 256 g/mol. The summed E-state index contributed by atoms with van der Waals surface area (Å²) in [5, 5.41) is 0. The van der Waals surface area contributed by atoms with Crippen molar-refractivity contribution in [1.82, 2.24) is 9.88 Å². The van der Waals surface area contributed by atoms with Crippen LogP contribution in [0, 0.1) is 0 Å². The van der Waals surface area contributed by atoms with Crippen molar-refractivity contribution in [2.75, 3.05) is 12.4 Å². The van der Waals surface area contributed by atoms with Crippen molar-refractivity contribution >= 4 is 17.5 Å². The number of H-pyrrole nitrogens is 1. The van der Waals surface area contributed by atoms with Crippen molar-refractivity contribution in [2.24, 2.45) is 0 Å². The van der Waals surface area contributed by atoms with E-state index in [0.717, 1.165) is 6.42 Å². The van der Waals surface area contributed by atoms with Crippen LogP contribution >= 0.6 is 11.6 Å². The third kappa shape index (κ3) is 3.60. The van der Waals surface area contributed by atoms with Crippen LogP contribution in [-0.2, 0) is 0 Å². The number of rotatable bonds is 5. The number of pyridine rings is 1. The lowest BCUT2D eigenvalue weighted by Crippen LogP contribution is -2.40. The lowest BCUT2D eigenvalue weighted by molar-refractivity contribution is 0.0704. The maximum atomic E-state index is 12.2. The molecule has 1 aromatic heterocycles. The summed E-state index contributed by atoms with van der Waals surface area (Å²) in [6.07, 6.45) is 3.68. The molecule has 0 saturated carbocycles. The van der Waals surface area contributed by atoms with Gasteiger partial charge < -0.3 is 9.88 Å². The molecule has 1 N–H and O–H groups in total. The minimum Gasteiger partial charge on any atom is -0.367 e. The van der Waals surface area contributed by atoms with Crippen molar-refractivity contribution in [3.63, 3.8) is 0 Å². The van der Waals surface area contributed by atoms with E-state index in [0.29, 0.717) is 12.4 Å². The van der Waals surface area contributed by atoms with E-state index >= 15 is 0 Å². The number of amides is 1. The Bertz CT molecular complexity index is 429. The number of nitrogens with one attached hydrogen (secondary N) is 1. The molecule has 0 atom stereocenters. The van der Waals surface area contributed by atoms with Crippen LogP contribution in [0.15, 0.2) is 23.3 Å². The first kappa shape index (κ1) is 13.8. The number of aromatic nitrogens is 1. The minimum absolute atomic E-state index is 0.0466. The van der Waals surface area contributed by atoms with Gasteiger partial charge in [-0.05, 0) is 20.3 Å². The van der Waals surface area contributed by atoms with Gasteiger partial charge in [0.15, 0.2) is 5.43 Å². The van der Waals surface area contributed by atoms with E-state index in [1.54, 1.807) is 4.90 Å². The van der Waals surface area contributed by atoms with Gasteiger partial charge in [0.25, 0.3) is 5.91 Å². The van der Waals surface area contributed by atoms with Gasteiger partial charge >= 0.3 is 0 Å². The Morgan fingerprint density at radius 1 is 1.53 bits per heavy atom. The van der Waals surface area contributed by atoms with Crippen LogP contribution in [-0.4, -0.2) is 34.3 Å². The van der Waals surface area contributed by atoms with Crippen LogP contribution in [0.4, 0.5) is 0 Å². The molecule has 0 unspecified atom stereocenters. The summed E-state index contributed by atoms with van der Waals surface area (Å²) < 4.78 is 0. The number of hydrogen-bond acceptors (Lipinski definition) is 2. The van der Waals surface area contributed by atoms with Crippen molar-refractivity contribution in [3.05, 3.63) is 34.2 Å². The standard InChI is InChI=1S/C12H17ClN2O2/c1-9(2)15(7-3-5-13)12(17)10-8-14-6-4-11(10)16/h4,6,8-9H,3,5,7H2,1-2H3,(H,14,16). The highest BCUT2D eigenvalue weighted by molar-refractivity contribution is 6.17. The SMILES string of the molecule is CC(C)N(CCCCl)C(=O)c1c[nH]ccc1=O. The van der Waals surface area contributed by atoms with Gasteiger partial charge in [0.05, 0.1) is 0 Å². The maximum Gasteiger partial charge on any atom is 0.259 e. The second-order valence-electron chi connectivity index (χ2n) is 4.06. The van der Waals surface area contributed by atoms with Gasteiger partial charge in [-0.25, -0.2) is 0 Å². The molecule has 5 heteroatoms. The van der Waals surface area contributed by atoms with Crippen molar-refractivity contribution in [1.29, 1.82) is 0 Å². The molecule has 0 aliphatic rings. The Kier molecular flexibility index (Phi) is 5.22. The fraction of sp³-hybridized carbons (Fsp3) is 0.500. The third-order valence-corrected chi connectivity index (χ3v) is 2.74. The first-order chi connectivity index (χ1) is 8.07. The molecule has 17 heavy (non-hydrogen) atoms. The van der Waals surface area contributed by atoms with E-state index < -0.39 is 0 Å². The third-order valence-electron chi connectivity index (χ3n) is 2.47. The number of aromatic amines is 1. The first-order valence-electron chi connectivity index (χ1n) is 5.62. The quantitative estimate of drug-likeness (QED) is 0.818. The average Bonchev–Trinajstić information content (AvgIpc) is 2.29. The summed E-state index contributed by atoms with van der Waals surface area (Å²) in [5.41, 5.74) is -0.0824. The number of carbonyl (C=O) groups is 1. The van der Waals surface area contributed by atoms with Crippen LogP contribution in [0.2, 0.25) is 0 Å². The molecule has 0 aliphatic heterocycles. The van der Waals surface area contributed by atoms with Gasteiger partial charge in [-0.2, -0.15) is 0 Å². The molecule has 1 amide bonds. The Balaban J connectivity index is 2.92. The van der Waals surface area contributed by atoms with Gasteiger partial charge in [0, 0.05) is 36.9 Å². The number of nitrogens with zero attached hydrogens (tertiary/aromatic N) is 1. The molecule has 0 aromatic carbocycles. The largest absolute Gasteiger partial charge is 0.367 e. The van der Waals surface area contributed by atoms with Crippen molar-refractivity contribution in [3.8, 4) is 0 Å². The second-order valence-corrected chi connectivity index (χ2v) is 4.44. The Hall–Kier alpha value is -1.29. The lowest BCUT2D eigenvalue weighted by atomic mass is 10.2. The highest BCUT2D eigenvalue weighted by Gasteiger charge is 2.20. The molecule has 0 saturated heterocycles. The van der Waals surface area contributed by atoms with Crippen LogP contribution in [0.5, 0.6) is 0 Å². The van der Waals surface area contributed by atoms with E-state index in [9.17, 15) is 9.59 Å². The summed E-state index contributed by atoms with van der Waals surface area (Å²) in [5.74, 6) is 0.258. The molecule has 0 aliphatic carbocycles. The maximum absolute atomic E-state index is 12.2. The fourth-order valence-electron chi connectivity index (χ4n) is 1.56. The van der Waals surface area contributed by atoms with Gasteiger partial charge in [-0.1, -0.05) is 0 Å². The molecule has 0 radical (unpaired) electrons. The molecule has 94 valence electrons. The minimum atomic E-state index is -0.259. The molecule has 0 fully saturated rings. The van der Waals surface area contributed by atoms with E-state index in [1.165, 1.54) is 18.5 Å². The number of halogens is 1. The Morgan fingerprint density at radius 2 is 2.24 bits per heavy atom. The molecule has 1 rings (SSSR count).